The maximum Gasteiger partial charge on any atom is 0.244 e. The number of nitrogens with one attached hydrogen (secondary N) is 1. The summed E-state index contributed by atoms with van der Waals surface area (Å²) in [6.07, 6.45) is 2.05. The summed E-state index contributed by atoms with van der Waals surface area (Å²) < 4.78 is 0. The SMILES string of the molecule is CCc1ccc(C2NCCCN(C)C2=O)cc1. The van der Waals surface area contributed by atoms with Gasteiger partial charge in [0.05, 0.1) is 0 Å². The fraction of sp³-hybridized carbons (Fsp3) is 0.500. The van der Waals surface area contributed by atoms with Crippen molar-refractivity contribution < 1.29 is 4.79 Å². The van der Waals surface area contributed by atoms with Gasteiger partial charge < -0.3 is 10.2 Å². The van der Waals surface area contributed by atoms with Gasteiger partial charge in [0.25, 0.3) is 0 Å². The molecule has 1 unspecified atom stereocenters. The first-order valence-corrected chi connectivity index (χ1v) is 6.29. The van der Waals surface area contributed by atoms with Crippen molar-refractivity contribution in [3.8, 4) is 0 Å². The maximum atomic E-state index is 12.2. The van der Waals surface area contributed by atoms with E-state index in [-0.39, 0.29) is 11.9 Å². The highest BCUT2D eigenvalue weighted by Gasteiger charge is 2.25. The third-order valence-electron chi connectivity index (χ3n) is 3.36. The van der Waals surface area contributed by atoms with Crippen molar-refractivity contribution in [2.75, 3.05) is 20.1 Å². The van der Waals surface area contributed by atoms with Gasteiger partial charge in [0.2, 0.25) is 5.91 Å². The summed E-state index contributed by atoms with van der Waals surface area (Å²) in [5.74, 6) is 0.173. The predicted octanol–water partition coefficient (Wildman–Crippen LogP) is 1.74. The summed E-state index contributed by atoms with van der Waals surface area (Å²) in [5, 5.41) is 3.32. The van der Waals surface area contributed by atoms with E-state index in [4.69, 9.17) is 0 Å². The number of carbonyl (C=O) groups is 1. The van der Waals surface area contributed by atoms with Gasteiger partial charge in [-0.1, -0.05) is 31.2 Å². The Morgan fingerprint density at radius 1 is 1.35 bits per heavy atom. The minimum atomic E-state index is -0.173. The van der Waals surface area contributed by atoms with Crippen LogP contribution in [0.15, 0.2) is 24.3 Å². The molecule has 1 amide bonds. The van der Waals surface area contributed by atoms with Crippen LogP contribution in [0, 0.1) is 0 Å². The summed E-state index contributed by atoms with van der Waals surface area (Å²) in [5.41, 5.74) is 2.38. The number of amides is 1. The first kappa shape index (κ1) is 12.1. The summed E-state index contributed by atoms with van der Waals surface area (Å²) in [6.45, 7) is 3.88. The molecule has 2 rings (SSSR count). The highest BCUT2D eigenvalue weighted by atomic mass is 16.2. The Hall–Kier alpha value is -1.35. The van der Waals surface area contributed by atoms with E-state index >= 15 is 0 Å². The summed E-state index contributed by atoms with van der Waals surface area (Å²) in [7, 11) is 1.88. The first-order chi connectivity index (χ1) is 8.22. The average molecular weight is 232 g/mol. The molecule has 92 valence electrons. The highest BCUT2D eigenvalue weighted by molar-refractivity contribution is 5.83. The quantitative estimate of drug-likeness (QED) is 0.842. The largest absolute Gasteiger partial charge is 0.344 e. The zero-order valence-electron chi connectivity index (χ0n) is 10.6. The van der Waals surface area contributed by atoms with Gasteiger partial charge in [0, 0.05) is 13.6 Å². The van der Waals surface area contributed by atoms with Crippen molar-refractivity contribution in [1.29, 1.82) is 0 Å². The smallest absolute Gasteiger partial charge is 0.244 e. The Balaban J connectivity index is 2.21. The van der Waals surface area contributed by atoms with Crippen LogP contribution in [0.3, 0.4) is 0 Å². The third-order valence-corrected chi connectivity index (χ3v) is 3.36. The van der Waals surface area contributed by atoms with Crippen molar-refractivity contribution in [2.24, 2.45) is 0 Å². The monoisotopic (exact) mass is 232 g/mol. The number of carbonyl (C=O) groups excluding carboxylic acids is 1. The topological polar surface area (TPSA) is 32.3 Å². The number of nitrogens with zero attached hydrogens (tertiary/aromatic N) is 1. The fourth-order valence-electron chi connectivity index (χ4n) is 2.19. The molecule has 1 heterocycles. The lowest BCUT2D eigenvalue weighted by Gasteiger charge is -2.20. The molecule has 1 atom stereocenters. The van der Waals surface area contributed by atoms with Crippen molar-refractivity contribution in [2.45, 2.75) is 25.8 Å². The van der Waals surface area contributed by atoms with Crippen LogP contribution in [-0.4, -0.2) is 30.9 Å². The van der Waals surface area contributed by atoms with Crippen LogP contribution >= 0.6 is 0 Å². The second-order valence-electron chi connectivity index (χ2n) is 4.60. The van der Waals surface area contributed by atoms with E-state index in [0.717, 1.165) is 31.5 Å². The van der Waals surface area contributed by atoms with Crippen LogP contribution in [0.25, 0.3) is 0 Å². The molecule has 1 saturated heterocycles. The van der Waals surface area contributed by atoms with E-state index in [1.165, 1.54) is 5.56 Å². The van der Waals surface area contributed by atoms with Gasteiger partial charge in [-0.25, -0.2) is 0 Å². The standard InChI is InChI=1S/C14H20N2O/c1-3-11-5-7-12(8-6-11)13-14(17)16(2)10-4-9-15-13/h5-8,13,15H,3-4,9-10H2,1-2H3. The minimum absolute atomic E-state index is 0.173. The lowest BCUT2D eigenvalue weighted by atomic mass is 10.0. The molecule has 3 nitrogen and oxygen atoms in total. The molecule has 17 heavy (non-hydrogen) atoms. The highest BCUT2D eigenvalue weighted by Crippen LogP contribution is 2.18. The first-order valence-electron chi connectivity index (χ1n) is 6.29. The molecule has 1 N–H and O–H groups in total. The molecule has 1 aliphatic rings. The number of rotatable bonds is 2. The van der Waals surface area contributed by atoms with Gasteiger partial charge in [0.15, 0.2) is 0 Å². The second-order valence-corrected chi connectivity index (χ2v) is 4.60. The van der Waals surface area contributed by atoms with Gasteiger partial charge in [-0.2, -0.15) is 0 Å². The van der Waals surface area contributed by atoms with Gasteiger partial charge in [0.1, 0.15) is 6.04 Å². The summed E-state index contributed by atoms with van der Waals surface area (Å²) in [4.78, 5) is 14.0. The zero-order chi connectivity index (χ0) is 12.3. The predicted molar refractivity (Wildman–Crippen MR) is 68.8 cm³/mol. The average Bonchev–Trinajstić information content (AvgIpc) is 2.53. The Kier molecular flexibility index (Phi) is 3.79. The number of aryl methyl sites for hydroxylation is 1. The van der Waals surface area contributed by atoms with Crippen LogP contribution < -0.4 is 5.32 Å². The molecular formula is C14H20N2O. The van der Waals surface area contributed by atoms with E-state index in [1.54, 1.807) is 0 Å². The van der Waals surface area contributed by atoms with Crippen molar-refractivity contribution >= 4 is 5.91 Å². The molecule has 1 aromatic rings. The molecule has 1 aliphatic heterocycles. The van der Waals surface area contributed by atoms with E-state index in [1.807, 2.05) is 11.9 Å². The normalized spacial score (nSPS) is 21.4. The molecule has 3 heteroatoms. The van der Waals surface area contributed by atoms with Crippen molar-refractivity contribution in [3.05, 3.63) is 35.4 Å². The number of likely N-dealkylation sites (N-methyl/N-ethyl adjacent to an activating group) is 1. The van der Waals surface area contributed by atoms with E-state index in [0.29, 0.717) is 0 Å². The zero-order valence-corrected chi connectivity index (χ0v) is 10.6. The molecule has 0 aromatic heterocycles. The molecule has 1 aromatic carbocycles. The Bertz CT molecular complexity index is 386. The molecule has 0 saturated carbocycles. The Labute approximate surface area is 103 Å². The van der Waals surface area contributed by atoms with Crippen LogP contribution in [0.1, 0.15) is 30.5 Å². The molecule has 0 aliphatic carbocycles. The molecule has 1 fully saturated rings. The lowest BCUT2D eigenvalue weighted by Crippen LogP contribution is -2.35. The molecular weight excluding hydrogens is 212 g/mol. The van der Waals surface area contributed by atoms with Gasteiger partial charge in [-0.15, -0.1) is 0 Å². The summed E-state index contributed by atoms with van der Waals surface area (Å²) >= 11 is 0. The lowest BCUT2D eigenvalue weighted by molar-refractivity contribution is -0.131. The molecule has 0 radical (unpaired) electrons. The second kappa shape index (κ2) is 5.32. The van der Waals surface area contributed by atoms with Gasteiger partial charge >= 0.3 is 0 Å². The number of benzene rings is 1. The summed E-state index contributed by atoms with van der Waals surface area (Å²) in [6, 6.07) is 8.17. The number of hydrogen-bond donors (Lipinski definition) is 1. The van der Waals surface area contributed by atoms with E-state index in [9.17, 15) is 4.79 Å². The van der Waals surface area contributed by atoms with Gasteiger partial charge in [-0.05, 0) is 30.5 Å². The van der Waals surface area contributed by atoms with Crippen molar-refractivity contribution in [3.63, 3.8) is 0 Å². The van der Waals surface area contributed by atoms with Crippen molar-refractivity contribution in [1.82, 2.24) is 10.2 Å². The Morgan fingerprint density at radius 2 is 2.06 bits per heavy atom. The Morgan fingerprint density at radius 3 is 2.71 bits per heavy atom. The fourth-order valence-corrected chi connectivity index (χ4v) is 2.19. The van der Waals surface area contributed by atoms with Crippen LogP contribution in [-0.2, 0) is 11.2 Å². The van der Waals surface area contributed by atoms with Crippen LogP contribution in [0.5, 0.6) is 0 Å². The third kappa shape index (κ3) is 2.67. The van der Waals surface area contributed by atoms with Gasteiger partial charge in [-0.3, -0.25) is 4.79 Å². The van der Waals surface area contributed by atoms with Crippen LogP contribution in [0.4, 0.5) is 0 Å². The van der Waals surface area contributed by atoms with E-state index in [2.05, 4.69) is 36.5 Å². The van der Waals surface area contributed by atoms with E-state index < -0.39 is 0 Å². The molecule has 0 bridgehead atoms. The maximum absolute atomic E-state index is 12.2. The van der Waals surface area contributed by atoms with Crippen LogP contribution in [0.2, 0.25) is 0 Å². The number of hydrogen-bond acceptors (Lipinski definition) is 2. The minimum Gasteiger partial charge on any atom is -0.344 e. The molecule has 0 spiro atoms.